The summed E-state index contributed by atoms with van der Waals surface area (Å²) in [5, 5.41) is 67.7. The zero-order valence-electron chi connectivity index (χ0n) is 30.9. The minimum absolute atomic E-state index is 0.0749. The molecule has 0 bridgehead atoms. The van der Waals surface area contributed by atoms with Crippen LogP contribution in [0.4, 0.5) is 0 Å². The van der Waals surface area contributed by atoms with Crippen molar-refractivity contribution in [2.24, 2.45) is 23.5 Å². The van der Waals surface area contributed by atoms with Gasteiger partial charge in [-0.3, -0.25) is 9.59 Å². The zero-order valence-corrected chi connectivity index (χ0v) is 30.9. The van der Waals surface area contributed by atoms with Gasteiger partial charge in [-0.1, -0.05) is 45.4 Å². The maximum atomic E-state index is 13.3. The van der Waals surface area contributed by atoms with Crippen LogP contribution in [-0.2, 0) is 38.1 Å². The summed E-state index contributed by atoms with van der Waals surface area (Å²) in [4.78, 5) is 38.3. The number of aliphatic hydroxyl groups is 5. The lowest BCUT2D eigenvalue weighted by atomic mass is 9.75. The topological polar surface area (TPSA) is 269 Å². The van der Waals surface area contributed by atoms with Crippen LogP contribution in [0.5, 0.6) is 0 Å². The highest BCUT2D eigenvalue weighted by atomic mass is 16.7. The number of carboxylic acids is 1. The number of carbonyl (C=O) groups is 3. The molecule has 1 heterocycles. The third-order valence-electron chi connectivity index (χ3n) is 10.5. The molecule has 17 heteroatoms. The third-order valence-corrected chi connectivity index (χ3v) is 10.5. The molecule has 0 radical (unpaired) electrons. The molecule has 0 aromatic rings. The second kappa shape index (κ2) is 21.8. The summed E-state index contributed by atoms with van der Waals surface area (Å²) >= 11 is 0. The Morgan fingerprint density at radius 2 is 1.71 bits per heavy atom. The lowest BCUT2D eigenvalue weighted by molar-refractivity contribution is -0.318. The Labute approximate surface area is 305 Å². The molecule has 2 aliphatic carbocycles. The van der Waals surface area contributed by atoms with E-state index in [1.165, 1.54) is 20.8 Å². The van der Waals surface area contributed by atoms with E-state index in [1.54, 1.807) is 0 Å². The number of ether oxygens (including phenoxy) is 5. The maximum absolute atomic E-state index is 13.3. The van der Waals surface area contributed by atoms with Crippen LogP contribution in [0.2, 0.25) is 0 Å². The number of hydrogen-bond acceptors (Lipinski definition) is 14. The Morgan fingerprint density at radius 1 is 1.02 bits per heavy atom. The summed E-state index contributed by atoms with van der Waals surface area (Å²) in [5.74, 6) is -2.86. The van der Waals surface area contributed by atoms with Crippen molar-refractivity contribution in [1.29, 1.82) is 0 Å². The molecule has 14 atom stereocenters. The van der Waals surface area contributed by atoms with Crippen molar-refractivity contribution in [2.75, 3.05) is 26.3 Å². The molecule has 0 aromatic heterocycles. The van der Waals surface area contributed by atoms with E-state index in [9.17, 15) is 45.0 Å². The van der Waals surface area contributed by atoms with E-state index in [1.807, 2.05) is 6.92 Å². The lowest BCUT2D eigenvalue weighted by Crippen LogP contribution is -2.67. The van der Waals surface area contributed by atoms with E-state index in [2.05, 4.69) is 10.6 Å². The van der Waals surface area contributed by atoms with Crippen LogP contribution in [0, 0.1) is 17.8 Å². The zero-order chi connectivity index (χ0) is 38.5. The number of nitrogens with one attached hydrogen (secondary N) is 2. The highest BCUT2D eigenvalue weighted by Gasteiger charge is 2.51. The predicted molar refractivity (Wildman–Crippen MR) is 184 cm³/mol. The number of aliphatic carboxylic acids is 1. The molecule has 1 saturated heterocycles. The van der Waals surface area contributed by atoms with Crippen LogP contribution in [0.1, 0.15) is 85.5 Å². The minimum Gasteiger partial charge on any atom is -0.479 e. The van der Waals surface area contributed by atoms with Gasteiger partial charge >= 0.3 is 5.97 Å². The first kappa shape index (κ1) is 44.4. The van der Waals surface area contributed by atoms with Crippen LogP contribution in [-0.4, -0.2) is 148 Å². The van der Waals surface area contributed by atoms with Crippen LogP contribution in [0.25, 0.3) is 0 Å². The molecule has 3 rings (SSSR count). The van der Waals surface area contributed by atoms with Crippen molar-refractivity contribution in [3.63, 3.8) is 0 Å². The number of amides is 2. The third kappa shape index (κ3) is 12.5. The highest BCUT2D eigenvalue weighted by Crippen LogP contribution is 2.39. The first-order valence-electron chi connectivity index (χ1n) is 18.7. The Balaban J connectivity index is 1.98. The molecular formula is C35H63N3O14. The minimum atomic E-state index is -1.56. The first-order chi connectivity index (χ1) is 24.7. The van der Waals surface area contributed by atoms with E-state index < -0.39 is 105 Å². The summed E-state index contributed by atoms with van der Waals surface area (Å²) in [6.45, 7) is 5.20. The fourth-order valence-electron chi connectivity index (χ4n) is 7.64. The van der Waals surface area contributed by atoms with Gasteiger partial charge < -0.3 is 70.7 Å². The molecule has 302 valence electrons. The maximum Gasteiger partial charge on any atom is 0.332 e. The number of nitrogens with two attached hydrogens (primary N) is 1. The second-order valence-corrected chi connectivity index (χ2v) is 14.5. The van der Waals surface area contributed by atoms with Crippen molar-refractivity contribution >= 4 is 17.8 Å². The number of carbonyl (C=O) groups excluding carboxylic acids is 2. The van der Waals surface area contributed by atoms with Crippen molar-refractivity contribution in [3.8, 4) is 0 Å². The Hall–Kier alpha value is -2.03. The van der Waals surface area contributed by atoms with E-state index in [0.717, 1.165) is 32.1 Å². The fraction of sp³-hybridized carbons (Fsp3) is 0.914. The average molecular weight is 750 g/mol. The molecule has 10 N–H and O–H groups in total. The van der Waals surface area contributed by atoms with Crippen molar-refractivity contribution < 1.29 is 68.7 Å². The summed E-state index contributed by atoms with van der Waals surface area (Å²) in [5.41, 5.74) is 5.62. The van der Waals surface area contributed by atoms with E-state index in [4.69, 9.17) is 29.4 Å². The van der Waals surface area contributed by atoms with Crippen molar-refractivity contribution in [3.05, 3.63) is 0 Å². The Bertz CT molecular complexity index is 1100. The van der Waals surface area contributed by atoms with Crippen LogP contribution in [0.15, 0.2) is 0 Å². The van der Waals surface area contributed by atoms with Gasteiger partial charge in [-0.15, -0.1) is 0 Å². The van der Waals surface area contributed by atoms with E-state index in [0.29, 0.717) is 12.8 Å². The van der Waals surface area contributed by atoms with Gasteiger partial charge in [0.15, 0.2) is 18.7 Å². The standard InChI is InChI=1S/C35H63N3O14/c1-5-22-14-23(33(45)37-12-11-36)15-24(31(22)52-27(17-40)48-19(3)29(43)18(2)41)50-35-28(38-20(4)42)32(30(44)26(16-39)51-35)49-25(34(46)47)13-21-9-7-6-8-10-21/h18-19,21-32,35,39-41,43-44H,5-17,36H2,1-4H3,(H,37,45)(H,38,42)(H,46,47)/t18?,19?,22?,23?,24-,25?,26?,27+,28?,29+,30+,31?,32?,35-/m1/s1. The van der Waals surface area contributed by atoms with Crippen LogP contribution in [0.3, 0.4) is 0 Å². The summed E-state index contributed by atoms with van der Waals surface area (Å²) < 4.78 is 30.8. The largest absolute Gasteiger partial charge is 0.479 e. The second-order valence-electron chi connectivity index (χ2n) is 14.5. The quantitative estimate of drug-likeness (QED) is 0.0685. The summed E-state index contributed by atoms with van der Waals surface area (Å²) in [7, 11) is 0. The first-order valence-corrected chi connectivity index (χ1v) is 18.7. The van der Waals surface area contributed by atoms with Gasteiger partial charge in [0.05, 0.1) is 37.6 Å². The molecule has 9 unspecified atom stereocenters. The van der Waals surface area contributed by atoms with Gasteiger partial charge in [-0.2, -0.15) is 0 Å². The van der Waals surface area contributed by atoms with E-state index in [-0.39, 0.29) is 43.7 Å². The predicted octanol–water partition coefficient (Wildman–Crippen LogP) is -0.875. The molecule has 2 amide bonds. The molecular weight excluding hydrogens is 686 g/mol. The molecule has 3 aliphatic rings. The van der Waals surface area contributed by atoms with Gasteiger partial charge in [-0.05, 0) is 44.9 Å². The number of carboxylic acid groups (broad SMARTS) is 1. The van der Waals surface area contributed by atoms with Gasteiger partial charge in [-0.25, -0.2) is 4.79 Å². The van der Waals surface area contributed by atoms with Gasteiger partial charge in [0.2, 0.25) is 11.8 Å². The van der Waals surface area contributed by atoms with Crippen molar-refractivity contribution in [1.82, 2.24) is 10.6 Å². The monoisotopic (exact) mass is 749 g/mol. The molecule has 1 aliphatic heterocycles. The van der Waals surface area contributed by atoms with E-state index >= 15 is 0 Å². The van der Waals surface area contributed by atoms with Crippen LogP contribution < -0.4 is 16.4 Å². The number of aliphatic hydroxyl groups excluding tert-OH is 5. The molecule has 17 nitrogen and oxygen atoms in total. The molecule has 3 fully saturated rings. The van der Waals surface area contributed by atoms with Gasteiger partial charge in [0.1, 0.15) is 30.5 Å². The summed E-state index contributed by atoms with van der Waals surface area (Å²) in [6.07, 6.45) is -7.59. The smallest absolute Gasteiger partial charge is 0.332 e. The van der Waals surface area contributed by atoms with Crippen molar-refractivity contribution in [2.45, 2.75) is 159 Å². The van der Waals surface area contributed by atoms with Gasteiger partial charge in [0, 0.05) is 25.9 Å². The molecule has 52 heavy (non-hydrogen) atoms. The van der Waals surface area contributed by atoms with Gasteiger partial charge in [0.25, 0.3) is 0 Å². The Morgan fingerprint density at radius 3 is 2.27 bits per heavy atom. The molecule has 0 aromatic carbocycles. The SMILES string of the molecule is CCC1CC(C(=O)NCCN)C[C@@H](O[C@@H]2OC(CO)[C@H](O)C(OC(CC3CCCCC3)C(=O)O)C2NC(C)=O)C1O[C@@H](CO)OC(C)[C@@H](O)C(C)O. The van der Waals surface area contributed by atoms with Crippen LogP contribution >= 0.6 is 0 Å². The summed E-state index contributed by atoms with van der Waals surface area (Å²) in [6, 6.07) is -1.26. The molecule has 0 spiro atoms. The lowest BCUT2D eigenvalue weighted by Gasteiger charge is -2.48. The Kier molecular flexibility index (Phi) is 18.6. The highest BCUT2D eigenvalue weighted by molar-refractivity contribution is 5.78. The number of rotatable bonds is 20. The normalized spacial score (nSPS) is 33.0. The fourth-order valence-corrected chi connectivity index (χ4v) is 7.64. The number of hydrogen-bond donors (Lipinski definition) is 9. The average Bonchev–Trinajstić information content (AvgIpc) is 3.12. The molecule has 2 saturated carbocycles.